The number of amides is 3. The molecule has 0 bridgehead atoms. The van der Waals surface area contributed by atoms with Crippen LogP contribution < -0.4 is 10.6 Å². The van der Waals surface area contributed by atoms with Crippen molar-refractivity contribution in [3.63, 3.8) is 0 Å². The number of nitrogens with one attached hydrogen (secondary N) is 2. The number of carbonyl (C=O) groups excluding carboxylic acids is 3. The normalized spacial score (nSPS) is 17.0. The van der Waals surface area contributed by atoms with E-state index in [1.54, 1.807) is 36.4 Å². The largest absolute Gasteiger partial charge is 0.438 e. The third kappa shape index (κ3) is 6.36. The van der Waals surface area contributed by atoms with E-state index in [4.69, 9.17) is 4.74 Å². The lowest BCUT2D eigenvalue weighted by molar-refractivity contribution is -0.126. The number of nitrogens with zero attached hydrogens (tertiary/aromatic N) is 1. The van der Waals surface area contributed by atoms with E-state index in [1.165, 1.54) is 4.90 Å². The molecular formula is C30H33N3O4. The lowest BCUT2D eigenvalue weighted by Crippen LogP contribution is -2.47. The minimum absolute atomic E-state index is 0.213. The van der Waals surface area contributed by atoms with E-state index in [9.17, 15) is 14.4 Å². The number of hydrogen-bond donors (Lipinski definition) is 2. The Balaban J connectivity index is 1.54. The summed E-state index contributed by atoms with van der Waals surface area (Å²) in [6, 6.07) is 21.4. The van der Waals surface area contributed by atoms with Crippen molar-refractivity contribution in [2.24, 2.45) is 5.92 Å². The molecule has 4 rings (SSSR count). The Hall–Kier alpha value is -4.13. The molecule has 0 spiro atoms. The molecule has 0 unspecified atom stereocenters. The Morgan fingerprint density at radius 2 is 1.65 bits per heavy atom. The molecule has 7 nitrogen and oxygen atoms in total. The van der Waals surface area contributed by atoms with Crippen molar-refractivity contribution in [3.8, 4) is 0 Å². The Kier molecular flexibility index (Phi) is 7.92. The van der Waals surface area contributed by atoms with Crippen LogP contribution >= 0.6 is 0 Å². The van der Waals surface area contributed by atoms with Crippen molar-refractivity contribution >= 4 is 23.6 Å². The molecule has 0 aliphatic carbocycles. The van der Waals surface area contributed by atoms with Crippen LogP contribution in [0.3, 0.4) is 0 Å². The van der Waals surface area contributed by atoms with Gasteiger partial charge < -0.3 is 15.4 Å². The van der Waals surface area contributed by atoms with Crippen LogP contribution in [0.4, 0.5) is 10.5 Å². The van der Waals surface area contributed by atoms with Gasteiger partial charge in [0.05, 0.1) is 6.54 Å². The van der Waals surface area contributed by atoms with Gasteiger partial charge in [-0.2, -0.15) is 0 Å². The maximum absolute atomic E-state index is 13.3. The highest BCUT2D eigenvalue weighted by molar-refractivity contribution is 6.04. The zero-order valence-electron chi connectivity index (χ0n) is 21.7. The first-order valence-electron chi connectivity index (χ1n) is 12.5. The van der Waals surface area contributed by atoms with Gasteiger partial charge in [-0.1, -0.05) is 73.5 Å². The van der Waals surface area contributed by atoms with Crippen LogP contribution in [0.1, 0.15) is 52.6 Å². The Bertz CT molecular complexity index is 1270. The quantitative estimate of drug-likeness (QED) is 0.435. The Morgan fingerprint density at radius 1 is 0.946 bits per heavy atom. The van der Waals surface area contributed by atoms with Crippen LogP contribution in [0.2, 0.25) is 0 Å². The molecule has 37 heavy (non-hydrogen) atoms. The van der Waals surface area contributed by atoms with Gasteiger partial charge in [0.1, 0.15) is 0 Å². The van der Waals surface area contributed by atoms with Gasteiger partial charge in [-0.3, -0.25) is 14.5 Å². The number of aryl methyl sites for hydroxylation is 2. The van der Waals surface area contributed by atoms with Crippen LogP contribution in [0, 0.1) is 19.8 Å². The highest BCUT2D eigenvalue weighted by Gasteiger charge is 2.46. The van der Waals surface area contributed by atoms with Crippen molar-refractivity contribution in [3.05, 3.63) is 101 Å². The van der Waals surface area contributed by atoms with Crippen LogP contribution in [-0.2, 0) is 16.1 Å². The topological polar surface area (TPSA) is 87.7 Å². The first kappa shape index (κ1) is 25.9. The predicted octanol–water partition coefficient (Wildman–Crippen LogP) is 5.39. The molecule has 0 saturated carbocycles. The van der Waals surface area contributed by atoms with Crippen LogP contribution in [0.5, 0.6) is 0 Å². The molecule has 1 aliphatic rings. The van der Waals surface area contributed by atoms with E-state index in [0.717, 1.165) is 16.7 Å². The molecule has 3 aromatic carbocycles. The third-order valence-corrected chi connectivity index (χ3v) is 6.28. The van der Waals surface area contributed by atoms with Crippen LogP contribution in [-0.4, -0.2) is 35.4 Å². The van der Waals surface area contributed by atoms with Crippen molar-refractivity contribution in [2.45, 2.75) is 46.4 Å². The van der Waals surface area contributed by atoms with Gasteiger partial charge in [-0.15, -0.1) is 0 Å². The predicted molar refractivity (Wildman–Crippen MR) is 143 cm³/mol. The van der Waals surface area contributed by atoms with Crippen molar-refractivity contribution < 1.29 is 19.1 Å². The minimum atomic E-state index is -0.820. The first-order chi connectivity index (χ1) is 17.7. The maximum atomic E-state index is 13.3. The first-order valence-corrected chi connectivity index (χ1v) is 12.5. The summed E-state index contributed by atoms with van der Waals surface area (Å²) < 4.78 is 5.74. The summed E-state index contributed by atoms with van der Waals surface area (Å²) in [6.07, 6.45) is -1.31. The van der Waals surface area contributed by atoms with E-state index < -0.39 is 18.2 Å². The fourth-order valence-electron chi connectivity index (χ4n) is 4.29. The maximum Gasteiger partial charge on any atom is 0.411 e. The molecule has 0 aromatic heterocycles. The van der Waals surface area contributed by atoms with E-state index in [1.807, 2.05) is 64.1 Å². The van der Waals surface area contributed by atoms with Crippen LogP contribution in [0.25, 0.3) is 0 Å². The molecule has 1 heterocycles. The number of cyclic esters (lactones) is 1. The SMILES string of the molecule is Cc1ccc(C(=O)Nc2ccc([C@H]3OC(=O)N(Cc4cccc(C)c4)[C@H]3C(=O)NCC(C)C)cc2)cc1. The van der Waals surface area contributed by atoms with Crippen molar-refractivity contribution in [1.29, 1.82) is 0 Å². The van der Waals surface area contributed by atoms with E-state index in [2.05, 4.69) is 10.6 Å². The summed E-state index contributed by atoms with van der Waals surface area (Å²) in [4.78, 5) is 40.3. The monoisotopic (exact) mass is 499 g/mol. The molecular weight excluding hydrogens is 466 g/mol. The Morgan fingerprint density at radius 3 is 2.30 bits per heavy atom. The number of hydrogen-bond acceptors (Lipinski definition) is 4. The number of rotatable bonds is 8. The molecule has 3 aromatic rings. The molecule has 192 valence electrons. The van der Waals surface area contributed by atoms with Gasteiger partial charge in [0.15, 0.2) is 12.1 Å². The third-order valence-electron chi connectivity index (χ3n) is 6.28. The van der Waals surface area contributed by atoms with Crippen LogP contribution in [0.15, 0.2) is 72.8 Å². The molecule has 7 heteroatoms. The fraction of sp³-hybridized carbons (Fsp3) is 0.300. The second kappa shape index (κ2) is 11.3. The molecule has 1 fully saturated rings. The Labute approximate surface area is 217 Å². The summed E-state index contributed by atoms with van der Waals surface area (Å²) in [5, 5.41) is 5.84. The smallest absolute Gasteiger partial charge is 0.411 e. The fourth-order valence-corrected chi connectivity index (χ4v) is 4.29. The van der Waals surface area contributed by atoms with Gasteiger partial charge in [0.2, 0.25) is 5.91 Å². The van der Waals surface area contributed by atoms with Gasteiger partial charge in [0.25, 0.3) is 5.91 Å². The molecule has 2 atom stereocenters. The summed E-state index contributed by atoms with van der Waals surface area (Å²) in [5.74, 6) is -0.202. The van der Waals surface area contributed by atoms with E-state index >= 15 is 0 Å². The van der Waals surface area contributed by atoms with E-state index in [-0.39, 0.29) is 24.3 Å². The standard InChI is InChI=1S/C30H33N3O4/c1-19(2)17-31-29(35)26-27(37-30(36)33(26)18-22-7-5-6-21(4)16-22)23-12-14-25(15-13-23)32-28(34)24-10-8-20(3)9-11-24/h5-16,19,26-27H,17-18H2,1-4H3,(H,31,35)(H,32,34)/t26-,27-/m1/s1. The van der Waals surface area contributed by atoms with Gasteiger partial charge >= 0.3 is 6.09 Å². The highest BCUT2D eigenvalue weighted by atomic mass is 16.6. The highest BCUT2D eigenvalue weighted by Crippen LogP contribution is 2.34. The van der Waals surface area contributed by atoms with E-state index in [0.29, 0.717) is 23.4 Å². The average molecular weight is 500 g/mol. The zero-order valence-corrected chi connectivity index (χ0v) is 21.7. The minimum Gasteiger partial charge on any atom is -0.438 e. The van der Waals surface area contributed by atoms with Gasteiger partial charge in [0, 0.05) is 17.8 Å². The number of carbonyl (C=O) groups is 3. The molecule has 1 aliphatic heterocycles. The van der Waals surface area contributed by atoms with Gasteiger partial charge in [-0.05, 0) is 55.2 Å². The lowest BCUT2D eigenvalue weighted by Gasteiger charge is -2.25. The second-order valence-corrected chi connectivity index (χ2v) is 9.95. The lowest BCUT2D eigenvalue weighted by atomic mass is 10.00. The number of ether oxygens (including phenoxy) is 1. The average Bonchev–Trinajstić information content (AvgIpc) is 3.19. The van der Waals surface area contributed by atoms with Crippen molar-refractivity contribution in [1.82, 2.24) is 10.2 Å². The summed E-state index contributed by atoms with van der Waals surface area (Å²) in [6.45, 7) is 8.75. The number of benzene rings is 3. The molecule has 2 N–H and O–H groups in total. The summed E-state index contributed by atoms with van der Waals surface area (Å²) in [5.41, 5.74) is 4.93. The molecule has 3 amide bonds. The number of anilines is 1. The molecule has 1 saturated heterocycles. The van der Waals surface area contributed by atoms with Gasteiger partial charge in [-0.25, -0.2) is 4.79 Å². The van der Waals surface area contributed by atoms with Crippen molar-refractivity contribution in [2.75, 3.05) is 11.9 Å². The summed E-state index contributed by atoms with van der Waals surface area (Å²) >= 11 is 0. The summed E-state index contributed by atoms with van der Waals surface area (Å²) in [7, 11) is 0. The zero-order chi connectivity index (χ0) is 26.5. The second-order valence-electron chi connectivity index (χ2n) is 9.95. The molecule has 0 radical (unpaired) electrons.